The lowest BCUT2D eigenvalue weighted by molar-refractivity contribution is 0.617. The highest BCUT2D eigenvalue weighted by Gasteiger charge is 2.04. The van der Waals surface area contributed by atoms with E-state index in [0.717, 1.165) is 5.69 Å². The van der Waals surface area contributed by atoms with Crippen LogP contribution in [0.15, 0.2) is 40.3 Å². The minimum absolute atomic E-state index is 0.169. The van der Waals surface area contributed by atoms with Gasteiger partial charge in [0.15, 0.2) is 5.16 Å². The van der Waals surface area contributed by atoms with E-state index in [1.807, 2.05) is 6.92 Å². The third kappa shape index (κ3) is 3.20. The second-order valence-electron chi connectivity index (χ2n) is 3.78. The van der Waals surface area contributed by atoms with Crippen LogP contribution in [0.4, 0.5) is 4.39 Å². The number of H-pyrrole nitrogens is 1. The maximum atomic E-state index is 13.4. The predicted octanol–water partition coefficient (Wildman–Crippen LogP) is 2.76. The molecule has 1 aromatic heterocycles. The molecule has 2 aromatic rings. The van der Waals surface area contributed by atoms with Gasteiger partial charge in [0.05, 0.1) is 0 Å². The number of nitrogens with zero attached hydrogens (tertiary/aromatic N) is 1. The van der Waals surface area contributed by atoms with Crippen molar-refractivity contribution < 1.29 is 4.39 Å². The second kappa shape index (κ2) is 5.82. The highest BCUT2D eigenvalue weighted by atomic mass is 32.2. The molecule has 0 aliphatic heterocycles. The molecular weight excluding hydrogens is 251 g/mol. The van der Waals surface area contributed by atoms with Crippen LogP contribution in [0, 0.1) is 5.82 Å². The molecule has 0 fully saturated rings. The molecule has 0 saturated heterocycles. The summed E-state index contributed by atoms with van der Waals surface area (Å²) in [5.74, 6) is 0.210. The Balaban J connectivity index is 2.13. The molecule has 0 radical (unpaired) electrons. The molecule has 3 nitrogen and oxygen atoms in total. The molecule has 0 amide bonds. The zero-order valence-electron chi connectivity index (χ0n) is 9.94. The fourth-order valence-corrected chi connectivity index (χ4v) is 2.38. The molecule has 0 aliphatic rings. The van der Waals surface area contributed by atoms with E-state index in [0.29, 0.717) is 22.9 Å². The molecule has 0 unspecified atom stereocenters. The van der Waals surface area contributed by atoms with Crippen LogP contribution in [-0.4, -0.2) is 9.97 Å². The van der Waals surface area contributed by atoms with Crippen molar-refractivity contribution in [2.24, 2.45) is 0 Å². The number of aromatic amines is 1. The van der Waals surface area contributed by atoms with Gasteiger partial charge in [-0.1, -0.05) is 36.9 Å². The third-order valence-corrected chi connectivity index (χ3v) is 3.38. The highest BCUT2D eigenvalue weighted by Crippen LogP contribution is 2.20. The maximum Gasteiger partial charge on any atom is 0.251 e. The number of aromatic nitrogens is 2. The van der Waals surface area contributed by atoms with Crippen LogP contribution in [0.5, 0.6) is 0 Å². The van der Waals surface area contributed by atoms with Crippen LogP contribution in [0.3, 0.4) is 0 Å². The molecule has 0 aliphatic carbocycles. The van der Waals surface area contributed by atoms with Crippen molar-refractivity contribution in [3.05, 3.63) is 57.8 Å². The van der Waals surface area contributed by atoms with Gasteiger partial charge in [-0.15, -0.1) is 0 Å². The second-order valence-corrected chi connectivity index (χ2v) is 4.74. The van der Waals surface area contributed by atoms with Crippen molar-refractivity contribution in [1.29, 1.82) is 0 Å². The zero-order chi connectivity index (χ0) is 13.0. The van der Waals surface area contributed by atoms with E-state index < -0.39 is 0 Å². The van der Waals surface area contributed by atoms with Gasteiger partial charge in [0, 0.05) is 17.5 Å². The van der Waals surface area contributed by atoms with E-state index in [4.69, 9.17) is 0 Å². The van der Waals surface area contributed by atoms with E-state index in [-0.39, 0.29) is 11.4 Å². The van der Waals surface area contributed by atoms with Crippen LogP contribution in [-0.2, 0) is 12.2 Å². The normalized spacial score (nSPS) is 10.6. The van der Waals surface area contributed by atoms with Gasteiger partial charge in [-0.3, -0.25) is 4.79 Å². The summed E-state index contributed by atoms with van der Waals surface area (Å²) in [7, 11) is 0. The van der Waals surface area contributed by atoms with Crippen molar-refractivity contribution in [2.75, 3.05) is 0 Å². The van der Waals surface area contributed by atoms with Gasteiger partial charge in [0.1, 0.15) is 5.82 Å². The molecule has 0 saturated carbocycles. The summed E-state index contributed by atoms with van der Waals surface area (Å²) in [6, 6.07) is 8.07. The van der Waals surface area contributed by atoms with Gasteiger partial charge in [-0.05, 0) is 18.1 Å². The first-order valence-electron chi connectivity index (χ1n) is 5.65. The lowest BCUT2D eigenvalue weighted by Crippen LogP contribution is -2.09. The highest BCUT2D eigenvalue weighted by molar-refractivity contribution is 7.98. The number of halogens is 1. The van der Waals surface area contributed by atoms with E-state index in [1.165, 1.54) is 23.9 Å². The van der Waals surface area contributed by atoms with Crippen molar-refractivity contribution in [2.45, 2.75) is 24.3 Å². The van der Waals surface area contributed by atoms with Gasteiger partial charge in [-0.25, -0.2) is 9.37 Å². The van der Waals surface area contributed by atoms with E-state index in [2.05, 4.69) is 9.97 Å². The van der Waals surface area contributed by atoms with Crippen molar-refractivity contribution in [3.63, 3.8) is 0 Å². The number of benzene rings is 1. The molecule has 0 atom stereocenters. The van der Waals surface area contributed by atoms with Crippen LogP contribution in [0.25, 0.3) is 0 Å². The number of hydrogen-bond acceptors (Lipinski definition) is 3. The average Bonchev–Trinajstić information content (AvgIpc) is 2.37. The van der Waals surface area contributed by atoms with Gasteiger partial charge in [-0.2, -0.15) is 0 Å². The lowest BCUT2D eigenvalue weighted by atomic mass is 10.2. The predicted molar refractivity (Wildman–Crippen MR) is 70.2 cm³/mol. The molecule has 5 heteroatoms. The quantitative estimate of drug-likeness (QED) is 0.682. The number of hydrogen-bond donors (Lipinski definition) is 1. The maximum absolute atomic E-state index is 13.4. The van der Waals surface area contributed by atoms with Crippen LogP contribution in [0.1, 0.15) is 18.2 Å². The average molecular weight is 264 g/mol. The molecule has 1 heterocycles. The van der Waals surface area contributed by atoms with Crippen molar-refractivity contribution in [1.82, 2.24) is 9.97 Å². The summed E-state index contributed by atoms with van der Waals surface area (Å²) in [6.07, 6.45) is 0.706. The Morgan fingerprint density at radius 3 is 2.89 bits per heavy atom. The first kappa shape index (κ1) is 12.8. The third-order valence-electron chi connectivity index (χ3n) is 2.46. The topological polar surface area (TPSA) is 45.8 Å². The summed E-state index contributed by atoms with van der Waals surface area (Å²) >= 11 is 1.32. The number of nitrogens with one attached hydrogen (secondary N) is 1. The Morgan fingerprint density at radius 2 is 2.17 bits per heavy atom. The number of aryl methyl sites for hydroxylation is 1. The fourth-order valence-electron chi connectivity index (χ4n) is 1.49. The van der Waals surface area contributed by atoms with E-state index >= 15 is 0 Å². The Morgan fingerprint density at radius 1 is 1.39 bits per heavy atom. The SMILES string of the molecule is CCc1cc(=O)[nH]c(SCc2ccccc2F)n1. The number of rotatable bonds is 4. The fraction of sp³-hybridized carbons (Fsp3) is 0.231. The standard InChI is InChI=1S/C13H13FN2OS/c1-2-10-7-12(17)16-13(15-10)18-8-9-5-3-4-6-11(9)14/h3-7H,2,8H2,1H3,(H,15,16,17). The van der Waals surface area contributed by atoms with E-state index in [9.17, 15) is 9.18 Å². The van der Waals surface area contributed by atoms with Crippen molar-refractivity contribution in [3.8, 4) is 0 Å². The smallest absolute Gasteiger partial charge is 0.251 e. The van der Waals surface area contributed by atoms with Gasteiger partial charge in [0.25, 0.3) is 5.56 Å². The first-order chi connectivity index (χ1) is 8.69. The largest absolute Gasteiger partial charge is 0.301 e. The Bertz CT molecular complexity index is 598. The van der Waals surface area contributed by atoms with Crippen LogP contribution in [0.2, 0.25) is 0 Å². The van der Waals surface area contributed by atoms with Gasteiger partial charge >= 0.3 is 0 Å². The molecule has 1 N–H and O–H groups in total. The molecule has 2 rings (SSSR count). The van der Waals surface area contributed by atoms with E-state index in [1.54, 1.807) is 18.2 Å². The zero-order valence-corrected chi connectivity index (χ0v) is 10.8. The minimum Gasteiger partial charge on any atom is -0.301 e. The molecule has 0 bridgehead atoms. The molecular formula is C13H13FN2OS. The van der Waals surface area contributed by atoms with Crippen molar-refractivity contribution >= 4 is 11.8 Å². The molecule has 1 aromatic carbocycles. The summed E-state index contributed by atoms with van der Waals surface area (Å²) < 4.78 is 13.4. The van der Waals surface area contributed by atoms with Crippen LogP contribution >= 0.6 is 11.8 Å². The Hall–Kier alpha value is -1.62. The number of thioether (sulfide) groups is 1. The van der Waals surface area contributed by atoms with Gasteiger partial charge in [0.2, 0.25) is 0 Å². The summed E-state index contributed by atoms with van der Waals surface area (Å²) in [5.41, 5.74) is 1.18. The lowest BCUT2D eigenvalue weighted by Gasteiger charge is -2.03. The summed E-state index contributed by atoms with van der Waals surface area (Å²) in [6.45, 7) is 1.94. The molecule has 94 valence electrons. The molecule has 0 spiro atoms. The Labute approximate surface area is 108 Å². The van der Waals surface area contributed by atoms with Gasteiger partial charge < -0.3 is 4.98 Å². The summed E-state index contributed by atoms with van der Waals surface area (Å²) in [4.78, 5) is 18.3. The first-order valence-corrected chi connectivity index (χ1v) is 6.64. The minimum atomic E-state index is -0.237. The Kier molecular flexibility index (Phi) is 4.15. The monoisotopic (exact) mass is 264 g/mol. The summed E-state index contributed by atoms with van der Waals surface area (Å²) in [5, 5.41) is 0.530. The molecule has 18 heavy (non-hydrogen) atoms. The van der Waals surface area contributed by atoms with Crippen LogP contribution < -0.4 is 5.56 Å².